The fourth-order valence-electron chi connectivity index (χ4n) is 5.76. The molecule has 3 aromatic carbocycles. The molecule has 40 heavy (non-hydrogen) atoms. The summed E-state index contributed by atoms with van der Waals surface area (Å²) in [5.74, 6) is 1.09. The maximum Gasteiger partial charge on any atom is 0.207 e. The molecule has 1 saturated carbocycles. The van der Waals surface area contributed by atoms with Gasteiger partial charge in [0.2, 0.25) is 5.78 Å². The van der Waals surface area contributed by atoms with Crippen LogP contribution in [0.25, 0.3) is 10.1 Å². The maximum atomic E-state index is 14.9. The summed E-state index contributed by atoms with van der Waals surface area (Å²) in [6, 6.07) is 14.2. The third-order valence-electron chi connectivity index (χ3n) is 7.97. The Hall–Kier alpha value is -3.42. The van der Waals surface area contributed by atoms with E-state index < -0.39 is 11.6 Å². The van der Waals surface area contributed by atoms with Crippen LogP contribution in [-0.2, 0) is 0 Å². The van der Waals surface area contributed by atoms with Gasteiger partial charge in [-0.25, -0.2) is 4.39 Å². The summed E-state index contributed by atoms with van der Waals surface area (Å²) in [5.41, 5.74) is 3.36. The molecule has 6 rings (SSSR count). The Bertz CT molecular complexity index is 1550. The van der Waals surface area contributed by atoms with Crippen LogP contribution >= 0.6 is 11.3 Å². The molecule has 0 bridgehead atoms. The zero-order chi connectivity index (χ0) is 28.0. The highest BCUT2D eigenvalue weighted by atomic mass is 32.1. The number of phenolic OH excluding ortho intramolecular Hbond substituents is 1. The van der Waals surface area contributed by atoms with Gasteiger partial charge in [-0.15, -0.1) is 11.3 Å². The number of benzene rings is 3. The second-order valence-corrected chi connectivity index (χ2v) is 12.3. The normalized spacial score (nSPS) is 17.4. The molecular formula is C33H34FNO4S. The molecule has 0 radical (unpaired) electrons. The smallest absolute Gasteiger partial charge is 0.207 e. The summed E-state index contributed by atoms with van der Waals surface area (Å²) in [4.78, 5) is 16.7. The zero-order valence-electron chi connectivity index (χ0n) is 23.1. The van der Waals surface area contributed by atoms with Gasteiger partial charge in [0.05, 0.1) is 4.70 Å². The molecule has 1 aliphatic heterocycles. The first-order valence-electron chi connectivity index (χ1n) is 14.0. The fraction of sp³-hybridized carbons (Fsp3) is 0.364. The molecule has 0 amide bonds. The largest absolute Gasteiger partial charge is 0.505 e. The number of carbonyl (C=O) groups is 1. The number of aromatic hydroxyl groups is 1. The Morgan fingerprint density at radius 2 is 1.73 bits per heavy atom. The summed E-state index contributed by atoms with van der Waals surface area (Å²) >= 11 is 1.00. The minimum atomic E-state index is -0.754. The van der Waals surface area contributed by atoms with Crippen LogP contribution in [-0.4, -0.2) is 41.5 Å². The Balaban J connectivity index is 1.24. The lowest BCUT2D eigenvalue weighted by atomic mass is 9.95. The number of nitrogens with zero attached hydrogens (tertiary/aromatic N) is 1. The molecule has 1 N–H and O–H groups in total. The summed E-state index contributed by atoms with van der Waals surface area (Å²) in [6.07, 6.45) is 5.27. The van der Waals surface area contributed by atoms with Crippen molar-refractivity contribution in [1.82, 2.24) is 4.90 Å². The number of carbonyl (C=O) groups excluding carboxylic acids is 1. The number of hydrogen-bond donors (Lipinski definition) is 1. The van der Waals surface area contributed by atoms with Crippen molar-refractivity contribution >= 4 is 27.2 Å². The number of halogens is 1. The van der Waals surface area contributed by atoms with Gasteiger partial charge in [-0.05, 0) is 93.6 Å². The van der Waals surface area contributed by atoms with E-state index in [1.807, 2.05) is 57.2 Å². The van der Waals surface area contributed by atoms with Crippen molar-refractivity contribution in [3.63, 3.8) is 0 Å². The van der Waals surface area contributed by atoms with Gasteiger partial charge in [0.1, 0.15) is 22.5 Å². The van der Waals surface area contributed by atoms with E-state index in [1.165, 1.54) is 25.3 Å². The predicted molar refractivity (Wildman–Crippen MR) is 157 cm³/mol. The van der Waals surface area contributed by atoms with E-state index >= 15 is 0 Å². The van der Waals surface area contributed by atoms with Gasteiger partial charge >= 0.3 is 0 Å². The third-order valence-corrected chi connectivity index (χ3v) is 9.15. The number of thiophene rings is 1. The number of ketones is 1. The highest BCUT2D eigenvalue weighted by Crippen LogP contribution is 2.45. The van der Waals surface area contributed by atoms with Gasteiger partial charge in [0, 0.05) is 24.0 Å². The molecule has 1 unspecified atom stereocenters. The first-order chi connectivity index (χ1) is 19.3. The summed E-state index contributed by atoms with van der Waals surface area (Å²) in [5, 5.41) is 10.4. The molecule has 0 spiro atoms. The number of ether oxygens (including phenoxy) is 2. The fourth-order valence-corrected chi connectivity index (χ4v) is 6.87. The van der Waals surface area contributed by atoms with Gasteiger partial charge in [-0.1, -0.05) is 30.5 Å². The first-order valence-corrected chi connectivity index (χ1v) is 14.8. The van der Waals surface area contributed by atoms with Crippen molar-refractivity contribution in [1.29, 1.82) is 0 Å². The van der Waals surface area contributed by atoms with Gasteiger partial charge in [0.25, 0.3) is 0 Å². The van der Waals surface area contributed by atoms with Crippen molar-refractivity contribution in [2.75, 3.05) is 19.6 Å². The molecule has 5 nitrogen and oxygen atoms in total. The van der Waals surface area contributed by atoms with Crippen molar-refractivity contribution < 1.29 is 23.8 Å². The van der Waals surface area contributed by atoms with E-state index in [0.717, 1.165) is 65.7 Å². The van der Waals surface area contributed by atoms with Crippen LogP contribution in [0.1, 0.15) is 57.6 Å². The lowest BCUT2D eigenvalue weighted by molar-refractivity contribution is 0.103. The molecule has 2 heterocycles. The van der Waals surface area contributed by atoms with E-state index in [0.29, 0.717) is 27.3 Å². The minimum absolute atomic E-state index is 0.174. The molecule has 208 valence electrons. The van der Waals surface area contributed by atoms with Crippen LogP contribution in [0.15, 0.2) is 48.5 Å². The number of rotatable bonds is 9. The van der Waals surface area contributed by atoms with Crippen LogP contribution in [0, 0.1) is 32.5 Å². The van der Waals surface area contributed by atoms with Gasteiger partial charge in [0.15, 0.2) is 17.3 Å². The minimum Gasteiger partial charge on any atom is -0.505 e. The molecule has 7 heteroatoms. The molecule has 2 aliphatic rings. The lowest BCUT2D eigenvalue weighted by Crippen LogP contribution is -2.26. The number of likely N-dealkylation sites (tertiary alicyclic amines) is 1. The summed E-state index contributed by atoms with van der Waals surface area (Å²) < 4.78 is 27.7. The molecule has 2 fully saturated rings. The van der Waals surface area contributed by atoms with Crippen molar-refractivity contribution in [2.24, 2.45) is 5.92 Å². The first kappa shape index (κ1) is 26.8. The number of phenols is 1. The molecule has 1 aliphatic carbocycles. The SMILES string of the molecule is Cc1cc(C)c(C(=O)c2sc3c(F)c(O)ccc3c2Oc2ccc(OC3CCN(CCC4CC4)C3)cc2)c(C)c1. The lowest BCUT2D eigenvalue weighted by Gasteiger charge is -2.17. The average molecular weight is 560 g/mol. The van der Waals surface area contributed by atoms with Crippen LogP contribution in [0.4, 0.5) is 4.39 Å². The van der Waals surface area contributed by atoms with Crippen LogP contribution in [0.2, 0.25) is 0 Å². The van der Waals surface area contributed by atoms with Crippen molar-refractivity contribution in [3.8, 4) is 23.0 Å². The van der Waals surface area contributed by atoms with E-state index in [9.17, 15) is 14.3 Å². The molecule has 4 aromatic rings. The predicted octanol–water partition coefficient (Wildman–Crippen LogP) is 7.95. The van der Waals surface area contributed by atoms with E-state index in [-0.39, 0.29) is 16.6 Å². The topological polar surface area (TPSA) is 59.0 Å². The van der Waals surface area contributed by atoms with E-state index in [1.54, 1.807) is 6.07 Å². The van der Waals surface area contributed by atoms with E-state index in [2.05, 4.69) is 4.90 Å². The second kappa shape index (κ2) is 10.9. The Kier molecular flexibility index (Phi) is 7.27. The Morgan fingerprint density at radius 1 is 1.02 bits per heavy atom. The van der Waals surface area contributed by atoms with Gasteiger partial charge in [-0.2, -0.15) is 0 Å². The molecular weight excluding hydrogens is 525 g/mol. The Labute approximate surface area is 238 Å². The van der Waals surface area contributed by atoms with Crippen molar-refractivity contribution in [2.45, 2.75) is 52.6 Å². The number of hydrogen-bond acceptors (Lipinski definition) is 6. The standard InChI is InChI=1S/C33H34FNO4S/c1-19-16-20(2)28(21(3)17-19)30(37)33-31(26-10-11-27(36)29(34)32(26)40-33)39-24-8-6-23(7-9-24)38-25-13-15-35(18-25)14-12-22-4-5-22/h6-11,16-17,22,25,36H,4-5,12-15,18H2,1-3H3. The van der Waals surface area contributed by atoms with Crippen LogP contribution in [0.5, 0.6) is 23.0 Å². The van der Waals surface area contributed by atoms with Crippen LogP contribution < -0.4 is 9.47 Å². The van der Waals surface area contributed by atoms with Crippen LogP contribution in [0.3, 0.4) is 0 Å². The molecule has 1 atom stereocenters. The molecule has 1 aromatic heterocycles. The Morgan fingerprint density at radius 3 is 2.42 bits per heavy atom. The summed E-state index contributed by atoms with van der Waals surface area (Å²) in [7, 11) is 0. The quantitative estimate of drug-likeness (QED) is 0.211. The highest BCUT2D eigenvalue weighted by Gasteiger charge is 2.28. The monoisotopic (exact) mass is 559 g/mol. The maximum absolute atomic E-state index is 14.9. The number of aryl methyl sites for hydroxylation is 3. The highest BCUT2D eigenvalue weighted by molar-refractivity contribution is 7.21. The third kappa shape index (κ3) is 5.45. The summed E-state index contributed by atoms with van der Waals surface area (Å²) in [6.45, 7) is 8.99. The van der Waals surface area contributed by atoms with E-state index in [4.69, 9.17) is 9.47 Å². The zero-order valence-corrected chi connectivity index (χ0v) is 23.9. The van der Waals surface area contributed by atoms with Crippen molar-refractivity contribution in [3.05, 3.63) is 81.5 Å². The van der Waals surface area contributed by atoms with Gasteiger partial charge in [-0.3, -0.25) is 9.69 Å². The van der Waals surface area contributed by atoms with Gasteiger partial charge < -0.3 is 14.6 Å². The second-order valence-electron chi connectivity index (χ2n) is 11.3. The molecule has 1 saturated heterocycles. The average Bonchev–Trinajstić information content (AvgIpc) is 3.53. The number of fused-ring (bicyclic) bond motifs is 1.